The second-order valence-corrected chi connectivity index (χ2v) is 13.3. The molecule has 228 valence electrons. The molecule has 1 amide bonds. The van der Waals surface area contributed by atoms with Gasteiger partial charge in [-0.3, -0.25) is 4.68 Å². The predicted molar refractivity (Wildman–Crippen MR) is 176 cm³/mol. The maximum absolute atomic E-state index is 16.8. The van der Waals surface area contributed by atoms with Crippen LogP contribution in [0.2, 0.25) is 5.02 Å². The second kappa shape index (κ2) is 11.8. The Kier molecular flexibility index (Phi) is 8.07. The summed E-state index contributed by atoms with van der Waals surface area (Å²) in [5.74, 6) is -0.572. The van der Waals surface area contributed by atoms with Gasteiger partial charge in [-0.1, -0.05) is 48.0 Å². The van der Waals surface area contributed by atoms with Crippen molar-refractivity contribution >= 4 is 67.7 Å². The summed E-state index contributed by atoms with van der Waals surface area (Å²) in [6.07, 6.45) is 4.37. The maximum Gasteiger partial charge on any atom is 0.410 e. The molecule has 1 saturated heterocycles. The normalized spacial score (nSPS) is 17.0. The Morgan fingerprint density at radius 1 is 1.27 bits per heavy atom. The second-order valence-electron chi connectivity index (χ2n) is 12.1. The van der Waals surface area contributed by atoms with Crippen LogP contribution in [-0.4, -0.2) is 50.2 Å². The molecule has 0 N–H and O–H groups in total. The van der Waals surface area contributed by atoms with E-state index < -0.39 is 17.5 Å². The van der Waals surface area contributed by atoms with Crippen LogP contribution in [0.4, 0.5) is 14.9 Å². The smallest absolute Gasteiger partial charge is 0.410 e. The molecule has 11 heteroatoms. The van der Waals surface area contributed by atoms with Gasteiger partial charge < -0.3 is 9.64 Å². The molecule has 3 aromatic carbocycles. The zero-order chi connectivity index (χ0) is 32.0. The number of carbonyl (C=O) groups excluding carboxylic acids is 1. The molecular formula is C34H30ClFN6O2S. The van der Waals surface area contributed by atoms with Crippen LogP contribution in [0.15, 0.2) is 53.7 Å². The Morgan fingerprint density at radius 2 is 2.02 bits per heavy atom. The van der Waals surface area contributed by atoms with E-state index in [-0.39, 0.29) is 34.6 Å². The number of piperidine rings is 1. The average molecular weight is 641 g/mol. The molecule has 1 fully saturated rings. The van der Waals surface area contributed by atoms with Gasteiger partial charge in [0.05, 0.1) is 53.3 Å². The number of pyridine rings is 1. The van der Waals surface area contributed by atoms with Gasteiger partial charge in [-0.2, -0.15) is 10.4 Å². The Hall–Kier alpha value is -4.38. The van der Waals surface area contributed by atoms with Crippen molar-refractivity contribution in [2.45, 2.75) is 62.7 Å². The molecule has 1 aliphatic heterocycles. The van der Waals surface area contributed by atoms with Crippen LogP contribution >= 0.6 is 23.4 Å². The summed E-state index contributed by atoms with van der Waals surface area (Å²) < 4.78 is 24.3. The van der Waals surface area contributed by atoms with Crippen LogP contribution in [0.5, 0.6) is 0 Å². The number of carbonyl (C=O) groups is 1. The first-order valence-electron chi connectivity index (χ1n) is 14.5. The highest BCUT2D eigenvalue weighted by atomic mass is 35.5. The van der Waals surface area contributed by atoms with E-state index >= 15 is 4.39 Å². The van der Waals surface area contributed by atoms with Gasteiger partial charge in [0.15, 0.2) is 11.5 Å². The van der Waals surface area contributed by atoms with Crippen LogP contribution in [0.1, 0.15) is 46.1 Å². The van der Waals surface area contributed by atoms with Gasteiger partial charge >= 0.3 is 6.09 Å². The van der Waals surface area contributed by atoms with Crippen molar-refractivity contribution in [2.75, 3.05) is 12.8 Å². The lowest BCUT2D eigenvalue weighted by molar-refractivity contribution is 0.00565. The number of rotatable bonds is 4. The average Bonchev–Trinajstić information content (AvgIpc) is 3.45. The highest BCUT2D eigenvalue weighted by Crippen LogP contribution is 2.44. The van der Waals surface area contributed by atoms with Gasteiger partial charge in [-0.25, -0.2) is 19.0 Å². The third-order valence-electron chi connectivity index (χ3n) is 8.14. The molecule has 0 unspecified atom stereocenters. The molecule has 1 aliphatic rings. The topological polar surface area (TPSA) is 88.4 Å². The molecule has 2 aromatic heterocycles. The van der Waals surface area contributed by atoms with E-state index in [1.165, 1.54) is 11.8 Å². The lowest BCUT2D eigenvalue weighted by atomic mass is 9.94. The van der Waals surface area contributed by atoms with Crippen molar-refractivity contribution in [2.24, 2.45) is 0 Å². The zero-order valence-electron chi connectivity index (χ0n) is 25.3. The molecule has 5 aromatic rings. The predicted octanol–water partition coefficient (Wildman–Crippen LogP) is 9.32. The standard InChI is InChI=1S/C34H30ClFN6O2S/c1-34(2,3)44-33(43)41-15-13-21(16-20(41)12-14-37)42-31-23-17-25(35)28(29(36)30(23)40-32(45-5)24(31)18-39-42)22-10-6-8-19-9-7-11-26(38-4)27(19)22/h6-11,17-18,20-21H,12-13,15-16H2,1-3,5H3/t20-,21+/m1/s1. The molecule has 2 atom stereocenters. The zero-order valence-corrected chi connectivity index (χ0v) is 26.8. The fourth-order valence-corrected chi connectivity index (χ4v) is 7.11. The molecule has 3 heterocycles. The Bertz CT molecular complexity index is 2070. The maximum atomic E-state index is 16.8. The van der Waals surface area contributed by atoms with Gasteiger partial charge in [0.2, 0.25) is 0 Å². The third kappa shape index (κ3) is 5.43. The first-order valence-corrected chi connectivity index (χ1v) is 16.2. The summed E-state index contributed by atoms with van der Waals surface area (Å²) in [7, 11) is 0. The molecular weight excluding hydrogens is 611 g/mol. The fraction of sp³-hybridized carbons (Fsp3) is 0.324. The number of nitriles is 1. The molecule has 0 radical (unpaired) electrons. The molecule has 0 spiro atoms. The van der Waals surface area contributed by atoms with Gasteiger partial charge in [-0.15, -0.1) is 11.8 Å². The number of benzene rings is 3. The monoisotopic (exact) mass is 640 g/mol. The van der Waals surface area contributed by atoms with Crippen LogP contribution in [0, 0.1) is 23.7 Å². The summed E-state index contributed by atoms with van der Waals surface area (Å²) in [6, 6.07) is 14.3. The number of halogens is 2. The van der Waals surface area contributed by atoms with Crippen LogP contribution in [-0.2, 0) is 4.74 Å². The van der Waals surface area contributed by atoms with E-state index in [1.807, 2.05) is 49.9 Å². The number of amides is 1. The number of thioether (sulfide) groups is 1. The van der Waals surface area contributed by atoms with Crippen LogP contribution in [0.3, 0.4) is 0 Å². The van der Waals surface area contributed by atoms with E-state index in [2.05, 4.69) is 10.9 Å². The fourth-order valence-electron chi connectivity index (χ4n) is 6.26. The van der Waals surface area contributed by atoms with Gasteiger partial charge in [0, 0.05) is 17.5 Å². The quantitative estimate of drug-likeness (QED) is 0.144. The van der Waals surface area contributed by atoms with E-state index in [4.69, 9.17) is 33.0 Å². The first kappa shape index (κ1) is 30.6. The summed E-state index contributed by atoms with van der Waals surface area (Å²) in [5, 5.41) is 17.9. The van der Waals surface area contributed by atoms with Crippen molar-refractivity contribution in [3.63, 3.8) is 0 Å². The number of likely N-dealkylation sites (tertiary alicyclic amines) is 1. The molecule has 8 nitrogen and oxygen atoms in total. The number of ether oxygens (including phenoxy) is 1. The Morgan fingerprint density at radius 3 is 2.71 bits per heavy atom. The summed E-state index contributed by atoms with van der Waals surface area (Å²) in [6.45, 7) is 13.5. The minimum atomic E-state index is -0.658. The van der Waals surface area contributed by atoms with E-state index in [1.54, 1.807) is 35.4 Å². The summed E-state index contributed by atoms with van der Waals surface area (Å²) in [4.78, 5) is 23.1. The highest BCUT2D eigenvalue weighted by molar-refractivity contribution is 7.98. The summed E-state index contributed by atoms with van der Waals surface area (Å²) in [5.41, 5.74) is 1.33. The number of nitrogens with zero attached hydrogens (tertiary/aromatic N) is 6. The molecule has 0 aliphatic carbocycles. The number of fused-ring (bicyclic) bond motifs is 4. The van der Waals surface area contributed by atoms with Crippen molar-refractivity contribution in [3.8, 4) is 17.2 Å². The molecule has 45 heavy (non-hydrogen) atoms. The number of aromatic nitrogens is 3. The lowest BCUT2D eigenvalue weighted by Crippen LogP contribution is -2.48. The first-order chi connectivity index (χ1) is 21.6. The molecule has 6 rings (SSSR count). The van der Waals surface area contributed by atoms with Gasteiger partial charge in [-0.05, 0) is 62.3 Å². The van der Waals surface area contributed by atoms with E-state index in [0.717, 1.165) is 10.8 Å². The van der Waals surface area contributed by atoms with Crippen molar-refractivity contribution < 1.29 is 13.9 Å². The Balaban J connectivity index is 1.50. The van der Waals surface area contributed by atoms with Crippen molar-refractivity contribution in [1.82, 2.24) is 19.7 Å². The molecule has 0 saturated carbocycles. The van der Waals surface area contributed by atoms with Crippen molar-refractivity contribution in [1.29, 1.82) is 5.26 Å². The largest absolute Gasteiger partial charge is 0.444 e. The third-order valence-corrected chi connectivity index (χ3v) is 9.14. The van der Waals surface area contributed by atoms with Crippen molar-refractivity contribution in [3.05, 3.63) is 70.9 Å². The van der Waals surface area contributed by atoms with Crippen LogP contribution < -0.4 is 0 Å². The van der Waals surface area contributed by atoms with Gasteiger partial charge in [0.1, 0.15) is 16.1 Å². The SMILES string of the molecule is [C-]#[N+]c1cccc2cccc(-c3c(Cl)cc4c(nc(SC)c5cnn([C@H]6CCN(C(=O)OC(C)(C)C)[C@H](CC#N)C6)c54)c3F)c12. The minimum absolute atomic E-state index is 0.148. The van der Waals surface area contributed by atoms with Gasteiger partial charge in [0.25, 0.3) is 0 Å². The number of hydrogen-bond acceptors (Lipinski definition) is 6. The molecule has 0 bridgehead atoms. The van der Waals surface area contributed by atoms with Crippen LogP contribution in [0.25, 0.3) is 48.6 Å². The van der Waals surface area contributed by atoms with E-state index in [0.29, 0.717) is 52.0 Å². The van der Waals surface area contributed by atoms with E-state index in [9.17, 15) is 10.1 Å². The highest BCUT2D eigenvalue weighted by Gasteiger charge is 2.36. The summed E-state index contributed by atoms with van der Waals surface area (Å²) >= 11 is 8.31. The minimum Gasteiger partial charge on any atom is -0.444 e. The Labute approximate surface area is 269 Å². The number of hydrogen-bond donors (Lipinski definition) is 0. The lowest BCUT2D eigenvalue weighted by Gasteiger charge is -2.39.